The number of carbonyl (C=O) groups is 1. The summed E-state index contributed by atoms with van der Waals surface area (Å²) in [7, 11) is 4.02. The van der Waals surface area contributed by atoms with Crippen LogP contribution in [0.3, 0.4) is 0 Å². The number of hydrogen-bond donors (Lipinski definition) is 0. The van der Waals surface area contributed by atoms with E-state index in [-0.39, 0.29) is 11.3 Å². The normalized spacial score (nSPS) is 28.6. The summed E-state index contributed by atoms with van der Waals surface area (Å²) in [6.07, 6.45) is 4.11. The third kappa shape index (κ3) is 2.36. The Balaban J connectivity index is 2.31. The molecular weight excluding hydrogens is 266 g/mol. The van der Waals surface area contributed by atoms with Crippen LogP contribution in [0.1, 0.15) is 42.3 Å². The second-order valence-corrected chi connectivity index (χ2v) is 6.86. The highest BCUT2D eigenvalue weighted by Gasteiger charge is 2.44. The van der Waals surface area contributed by atoms with E-state index < -0.39 is 0 Å². The third-order valence-electron chi connectivity index (χ3n) is 4.20. The zero-order chi connectivity index (χ0) is 13.3. The summed E-state index contributed by atoms with van der Waals surface area (Å²) < 4.78 is 0. The standard InChI is InChI=1S/C14H20ClNOS/c1-10-4-7-14(8-5-10,16(2)3)13(17)12-11(15)6-9-18-12/h6,9-10H,4-5,7-8H2,1-3H3. The molecule has 1 fully saturated rings. The topological polar surface area (TPSA) is 20.3 Å². The number of thiophene rings is 1. The van der Waals surface area contributed by atoms with Crippen LogP contribution in [0.4, 0.5) is 0 Å². The van der Waals surface area contributed by atoms with Crippen molar-refractivity contribution in [1.29, 1.82) is 0 Å². The van der Waals surface area contributed by atoms with Gasteiger partial charge in [-0.25, -0.2) is 0 Å². The van der Waals surface area contributed by atoms with E-state index in [2.05, 4.69) is 11.8 Å². The van der Waals surface area contributed by atoms with Crippen LogP contribution < -0.4 is 0 Å². The predicted molar refractivity (Wildman–Crippen MR) is 77.7 cm³/mol. The molecule has 0 N–H and O–H groups in total. The fourth-order valence-electron chi connectivity index (χ4n) is 2.78. The van der Waals surface area contributed by atoms with Crippen molar-refractivity contribution in [3.8, 4) is 0 Å². The molecule has 2 nitrogen and oxygen atoms in total. The van der Waals surface area contributed by atoms with Gasteiger partial charge in [-0.05, 0) is 57.1 Å². The summed E-state index contributed by atoms with van der Waals surface area (Å²) in [6.45, 7) is 2.27. The van der Waals surface area contributed by atoms with Crippen LogP contribution in [0.2, 0.25) is 5.02 Å². The molecule has 100 valence electrons. The van der Waals surface area contributed by atoms with Gasteiger partial charge in [-0.2, -0.15) is 0 Å². The molecule has 0 atom stereocenters. The SMILES string of the molecule is CC1CCC(C(=O)c2sccc2Cl)(N(C)C)CC1. The minimum absolute atomic E-state index is 0.208. The smallest absolute Gasteiger partial charge is 0.194 e. The van der Waals surface area contributed by atoms with Gasteiger partial charge >= 0.3 is 0 Å². The molecule has 0 amide bonds. The van der Waals surface area contributed by atoms with Gasteiger partial charge in [-0.3, -0.25) is 9.69 Å². The number of rotatable bonds is 3. The molecule has 0 aliphatic heterocycles. The van der Waals surface area contributed by atoms with E-state index in [1.807, 2.05) is 25.5 Å². The fraction of sp³-hybridized carbons (Fsp3) is 0.643. The number of hydrogen-bond acceptors (Lipinski definition) is 3. The predicted octanol–water partition coefficient (Wildman–Crippen LogP) is 4.09. The van der Waals surface area contributed by atoms with Crippen LogP contribution in [0, 0.1) is 5.92 Å². The second kappa shape index (κ2) is 5.32. The molecule has 0 saturated heterocycles. The first kappa shape index (κ1) is 14.0. The van der Waals surface area contributed by atoms with E-state index in [4.69, 9.17) is 11.6 Å². The molecule has 0 radical (unpaired) electrons. The van der Waals surface area contributed by atoms with E-state index >= 15 is 0 Å². The number of Topliss-reactive ketones (excluding diaryl/α,β-unsaturated/α-hetero) is 1. The molecule has 4 heteroatoms. The maximum atomic E-state index is 12.8. The molecule has 0 bridgehead atoms. The van der Waals surface area contributed by atoms with Crippen LogP contribution in [0.15, 0.2) is 11.4 Å². The first-order valence-electron chi connectivity index (χ1n) is 6.42. The van der Waals surface area contributed by atoms with Gasteiger partial charge in [0, 0.05) is 0 Å². The lowest BCUT2D eigenvalue weighted by Crippen LogP contribution is -2.53. The lowest BCUT2D eigenvalue weighted by atomic mass is 9.73. The summed E-state index contributed by atoms with van der Waals surface area (Å²) in [5, 5.41) is 2.49. The number of nitrogens with zero attached hydrogens (tertiary/aromatic N) is 1. The molecule has 1 aromatic heterocycles. The highest BCUT2D eigenvalue weighted by Crippen LogP contribution is 2.39. The Kier molecular flexibility index (Phi) is 4.15. The lowest BCUT2D eigenvalue weighted by molar-refractivity contribution is 0.0518. The molecule has 18 heavy (non-hydrogen) atoms. The van der Waals surface area contributed by atoms with Crippen molar-refractivity contribution in [2.45, 2.75) is 38.1 Å². The van der Waals surface area contributed by atoms with Gasteiger partial charge in [-0.1, -0.05) is 18.5 Å². The third-order valence-corrected chi connectivity index (χ3v) is 5.54. The Bertz CT molecular complexity index is 433. The van der Waals surface area contributed by atoms with Gasteiger partial charge in [0.05, 0.1) is 15.4 Å². The minimum Gasteiger partial charge on any atom is -0.297 e. The summed E-state index contributed by atoms with van der Waals surface area (Å²) >= 11 is 7.58. The lowest BCUT2D eigenvalue weighted by Gasteiger charge is -2.43. The molecule has 1 aromatic rings. The van der Waals surface area contributed by atoms with Crippen molar-refractivity contribution in [2.24, 2.45) is 5.92 Å². The molecule has 0 spiro atoms. The molecule has 1 saturated carbocycles. The Labute approximate surface area is 118 Å². The average Bonchev–Trinajstić information content (AvgIpc) is 2.75. The highest BCUT2D eigenvalue weighted by molar-refractivity contribution is 7.12. The minimum atomic E-state index is -0.346. The Morgan fingerprint density at radius 2 is 2.06 bits per heavy atom. The fourth-order valence-corrected chi connectivity index (χ4v) is 3.96. The molecule has 0 unspecified atom stereocenters. The Morgan fingerprint density at radius 1 is 1.44 bits per heavy atom. The average molecular weight is 286 g/mol. The first-order valence-corrected chi connectivity index (χ1v) is 7.68. The largest absolute Gasteiger partial charge is 0.297 e. The Hall–Kier alpha value is -0.380. The quantitative estimate of drug-likeness (QED) is 0.780. The van der Waals surface area contributed by atoms with Gasteiger partial charge < -0.3 is 0 Å². The van der Waals surface area contributed by atoms with Crippen LogP contribution in [-0.4, -0.2) is 30.3 Å². The van der Waals surface area contributed by atoms with E-state index in [1.54, 1.807) is 0 Å². The summed E-state index contributed by atoms with van der Waals surface area (Å²) in [6, 6.07) is 1.81. The van der Waals surface area contributed by atoms with Gasteiger partial charge in [0.15, 0.2) is 5.78 Å². The number of halogens is 1. The maximum absolute atomic E-state index is 12.8. The van der Waals surface area contributed by atoms with Crippen molar-refractivity contribution in [2.75, 3.05) is 14.1 Å². The van der Waals surface area contributed by atoms with Gasteiger partial charge in [0.2, 0.25) is 0 Å². The van der Waals surface area contributed by atoms with Gasteiger partial charge in [0.1, 0.15) is 0 Å². The summed E-state index contributed by atoms with van der Waals surface area (Å²) in [5.41, 5.74) is -0.346. The molecule has 1 aliphatic rings. The van der Waals surface area contributed by atoms with Crippen molar-refractivity contribution in [3.63, 3.8) is 0 Å². The Morgan fingerprint density at radius 3 is 2.50 bits per heavy atom. The van der Waals surface area contributed by atoms with E-state index in [9.17, 15) is 4.79 Å². The number of carbonyl (C=O) groups excluding carboxylic acids is 1. The van der Waals surface area contributed by atoms with Crippen molar-refractivity contribution >= 4 is 28.7 Å². The van der Waals surface area contributed by atoms with Crippen LogP contribution in [0.25, 0.3) is 0 Å². The second-order valence-electron chi connectivity index (χ2n) is 5.54. The monoisotopic (exact) mass is 285 g/mol. The highest BCUT2D eigenvalue weighted by atomic mass is 35.5. The van der Waals surface area contributed by atoms with Crippen molar-refractivity contribution in [3.05, 3.63) is 21.3 Å². The molecule has 1 aliphatic carbocycles. The molecule has 1 heterocycles. The van der Waals surface area contributed by atoms with Gasteiger partial charge in [-0.15, -0.1) is 11.3 Å². The number of likely N-dealkylation sites (N-methyl/N-ethyl adjacent to an activating group) is 1. The van der Waals surface area contributed by atoms with Crippen molar-refractivity contribution < 1.29 is 4.79 Å². The number of ketones is 1. The maximum Gasteiger partial charge on any atom is 0.194 e. The molecule has 0 aromatic carbocycles. The summed E-state index contributed by atoms with van der Waals surface area (Å²) in [5.74, 6) is 0.934. The first-order chi connectivity index (χ1) is 8.47. The van der Waals surface area contributed by atoms with Crippen molar-refractivity contribution in [1.82, 2.24) is 4.90 Å². The van der Waals surface area contributed by atoms with E-state index in [0.717, 1.165) is 36.5 Å². The molecule has 2 rings (SSSR count). The zero-order valence-corrected chi connectivity index (χ0v) is 12.8. The summed E-state index contributed by atoms with van der Waals surface area (Å²) in [4.78, 5) is 15.7. The van der Waals surface area contributed by atoms with Gasteiger partial charge in [0.25, 0.3) is 0 Å². The van der Waals surface area contributed by atoms with Crippen LogP contribution in [-0.2, 0) is 0 Å². The van der Waals surface area contributed by atoms with E-state index in [1.165, 1.54) is 11.3 Å². The van der Waals surface area contributed by atoms with E-state index in [0.29, 0.717) is 5.02 Å². The van der Waals surface area contributed by atoms with Crippen LogP contribution in [0.5, 0.6) is 0 Å². The molecular formula is C14H20ClNOS. The zero-order valence-electron chi connectivity index (χ0n) is 11.2. The van der Waals surface area contributed by atoms with Crippen LogP contribution >= 0.6 is 22.9 Å².